The van der Waals surface area contributed by atoms with E-state index < -0.39 is 0 Å². The van der Waals surface area contributed by atoms with Crippen molar-refractivity contribution in [3.63, 3.8) is 0 Å². The van der Waals surface area contributed by atoms with Gasteiger partial charge < -0.3 is 5.73 Å². The average Bonchev–Trinajstić information content (AvgIpc) is 2.95. The van der Waals surface area contributed by atoms with Crippen LogP contribution in [-0.2, 0) is 0 Å². The molecule has 20 heavy (non-hydrogen) atoms. The lowest BCUT2D eigenvalue weighted by Gasteiger charge is -2.07. The van der Waals surface area contributed by atoms with Crippen LogP contribution in [0.3, 0.4) is 0 Å². The molecule has 0 saturated heterocycles. The molecule has 0 bridgehead atoms. The minimum atomic E-state index is 0.0801. The summed E-state index contributed by atoms with van der Waals surface area (Å²) >= 11 is 12.2. The Kier molecular flexibility index (Phi) is 3.25. The molecule has 6 nitrogen and oxygen atoms in total. The number of halogens is 2. The monoisotopic (exact) mass is 306 g/mol. The van der Waals surface area contributed by atoms with E-state index in [-0.39, 0.29) is 5.95 Å². The van der Waals surface area contributed by atoms with Crippen molar-refractivity contribution in [1.29, 1.82) is 0 Å². The first-order valence-corrected chi connectivity index (χ1v) is 6.36. The van der Waals surface area contributed by atoms with Crippen LogP contribution >= 0.6 is 23.2 Å². The molecule has 0 spiro atoms. The van der Waals surface area contributed by atoms with Gasteiger partial charge in [0.15, 0.2) is 5.82 Å². The van der Waals surface area contributed by atoms with Gasteiger partial charge >= 0.3 is 0 Å². The van der Waals surface area contributed by atoms with Gasteiger partial charge in [-0.15, -0.1) is 0 Å². The number of rotatable bonds is 2. The predicted octanol–water partition coefficient (Wildman–Crippen LogP) is 2.61. The van der Waals surface area contributed by atoms with Crippen LogP contribution in [0.5, 0.6) is 0 Å². The third kappa shape index (κ3) is 2.31. The van der Waals surface area contributed by atoms with Crippen molar-refractivity contribution in [2.75, 3.05) is 5.73 Å². The van der Waals surface area contributed by atoms with Crippen molar-refractivity contribution < 1.29 is 0 Å². The molecule has 0 saturated carbocycles. The van der Waals surface area contributed by atoms with Crippen LogP contribution in [0.1, 0.15) is 0 Å². The van der Waals surface area contributed by atoms with Crippen molar-refractivity contribution >= 4 is 29.2 Å². The first-order chi connectivity index (χ1) is 9.65. The molecule has 2 aromatic heterocycles. The lowest BCUT2D eigenvalue weighted by molar-refractivity contribution is 0.801. The Labute approximate surface area is 124 Å². The maximum Gasteiger partial charge on any atom is 0.255 e. The number of nitrogens with zero attached hydrogens (tertiary/aromatic N) is 5. The molecular weight excluding hydrogens is 299 g/mol. The van der Waals surface area contributed by atoms with Crippen molar-refractivity contribution in [1.82, 2.24) is 24.7 Å². The lowest BCUT2D eigenvalue weighted by Crippen LogP contribution is -2.08. The topological polar surface area (TPSA) is 82.5 Å². The van der Waals surface area contributed by atoms with Crippen molar-refractivity contribution in [2.45, 2.75) is 0 Å². The van der Waals surface area contributed by atoms with Crippen LogP contribution in [0.15, 0.2) is 36.7 Å². The fourth-order valence-corrected chi connectivity index (χ4v) is 2.05. The van der Waals surface area contributed by atoms with Crippen LogP contribution in [0.4, 0.5) is 5.95 Å². The van der Waals surface area contributed by atoms with Gasteiger partial charge in [-0.1, -0.05) is 29.3 Å². The molecular formula is C12H8Cl2N6. The average molecular weight is 307 g/mol. The molecule has 8 heteroatoms. The number of nitrogen functional groups attached to an aromatic ring is 1. The number of nitrogens with two attached hydrogens (primary N) is 1. The van der Waals surface area contributed by atoms with Crippen LogP contribution in [-0.4, -0.2) is 24.7 Å². The zero-order valence-corrected chi connectivity index (χ0v) is 11.5. The summed E-state index contributed by atoms with van der Waals surface area (Å²) in [4.78, 5) is 12.4. The summed E-state index contributed by atoms with van der Waals surface area (Å²) in [6.45, 7) is 0. The van der Waals surface area contributed by atoms with E-state index in [4.69, 9.17) is 28.9 Å². The third-order valence-electron chi connectivity index (χ3n) is 2.54. The minimum absolute atomic E-state index is 0.0801. The van der Waals surface area contributed by atoms with Crippen LogP contribution in [0.25, 0.3) is 17.3 Å². The third-order valence-corrected chi connectivity index (χ3v) is 3.36. The Morgan fingerprint density at radius 3 is 2.65 bits per heavy atom. The van der Waals surface area contributed by atoms with Gasteiger partial charge in [-0.25, -0.2) is 4.68 Å². The molecule has 0 fully saturated rings. The standard InChI is InChI=1S/C12H8Cl2N6/c13-8-4-1-3-7(9(8)14)10-17-11(15)19-12(18-10)20-6-2-5-16-20/h1-6H,(H2,15,17,18,19). The predicted molar refractivity (Wildman–Crippen MR) is 76.8 cm³/mol. The molecule has 1 aromatic carbocycles. The normalized spacial score (nSPS) is 10.7. The van der Waals surface area contributed by atoms with Crippen LogP contribution < -0.4 is 5.73 Å². The Balaban J connectivity index is 2.17. The van der Waals surface area contributed by atoms with Crippen molar-refractivity contribution in [3.8, 4) is 17.3 Å². The van der Waals surface area contributed by atoms with E-state index in [2.05, 4.69) is 20.1 Å². The Morgan fingerprint density at radius 1 is 1.05 bits per heavy atom. The Morgan fingerprint density at radius 2 is 1.90 bits per heavy atom. The smallest absolute Gasteiger partial charge is 0.255 e. The highest BCUT2D eigenvalue weighted by Gasteiger charge is 2.13. The highest BCUT2D eigenvalue weighted by atomic mass is 35.5. The summed E-state index contributed by atoms with van der Waals surface area (Å²) in [5, 5.41) is 4.84. The van der Waals surface area contributed by atoms with E-state index in [1.54, 1.807) is 36.7 Å². The van der Waals surface area contributed by atoms with Gasteiger partial charge in [0.05, 0.1) is 10.0 Å². The second kappa shape index (κ2) is 5.07. The summed E-state index contributed by atoms with van der Waals surface area (Å²) in [5.41, 5.74) is 6.30. The molecule has 0 radical (unpaired) electrons. The van der Waals surface area contributed by atoms with Crippen molar-refractivity contribution in [3.05, 3.63) is 46.7 Å². The molecule has 3 aromatic rings. The second-order valence-electron chi connectivity index (χ2n) is 3.87. The molecule has 0 aliphatic rings. The second-order valence-corrected chi connectivity index (χ2v) is 4.65. The molecule has 0 unspecified atom stereocenters. The number of anilines is 1. The first-order valence-electron chi connectivity index (χ1n) is 5.61. The number of benzene rings is 1. The maximum absolute atomic E-state index is 6.16. The Hall–Kier alpha value is -2.18. The van der Waals surface area contributed by atoms with E-state index in [0.717, 1.165) is 0 Å². The fraction of sp³-hybridized carbons (Fsp3) is 0. The maximum atomic E-state index is 6.16. The number of aromatic nitrogens is 5. The van der Waals surface area contributed by atoms with Gasteiger partial charge in [0.25, 0.3) is 5.95 Å². The van der Waals surface area contributed by atoms with Crippen LogP contribution in [0, 0.1) is 0 Å². The minimum Gasteiger partial charge on any atom is -0.368 e. The fourth-order valence-electron chi connectivity index (χ4n) is 1.67. The zero-order valence-electron chi connectivity index (χ0n) is 10.0. The SMILES string of the molecule is Nc1nc(-c2cccc(Cl)c2Cl)nc(-n2cccn2)n1. The summed E-state index contributed by atoms with van der Waals surface area (Å²) < 4.78 is 1.49. The lowest BCUT2D eigenvalue weighted by atomic mass is 10.2. The molecule has 0 aliphatic heterocycles. The zero-order chi connectivity index (χ0) is 14.1. The van der Waals surface area contributed by atoms with Gasteiger partial charge in [0.1, 0.15) is 0 Å². The number of hydrogen-bond donors (Lipinski definition) is 1. The summed E-state index contributed by atoms with van der Waals surface area (Å²) in [5.74, 6) is 0.737. The largest absolute Gasteiger partial charge is 0.368 e. The molecule has 3 rings (SSSR count). The van der Waals surface area contributed by atoms with E-state index in [1.807, 2.05) is 0 Å². The number of hydrogen-bond acceptors (Lipinski definition) is 5. The molecule has 0 aliphatic carbocycles. The van der Waals surface area contributed by atoms with Gasteiger partial charge in [0, 0.05) is 18.0 Å². The van der Waals surface area contributed by atoms with Gasteiger partial charge in [0.2, 0.25) is 5.95 Å². The van der Waals surface area contributed by atoms with E-state index in [0.29, 0.717) is 27.4 Å². The summed E-state index contributed by atoms with van der Waals surface area (Å²) in [7, 11) is 0. The highest BCUT2D eigenvalue weighted by molar-refractivity contribution is 6.43. The van der Waals surface area contributed by atoms with Crippen molar-refractivity contribution in [2.24, 2.45) is 0 Å². The van der Waals surface area contributed by atoms with E-state index in [1.165, 1.54) is 4.68 Å². The highest BCUT2D eigenvalue weighted by Crippen LogP contribution is 2.31. The molecule has 0 amide bonds. The van der Waals surface area contributed by atoms with Gasteiger partial charge in [-0.3, -0.25) is 0 Å². The first kappa shape index (κ1) is 12.8. The summed E-state index contributed by atoms with van der Waals surface area (Å²) in [6, 6.07) is 6.96. The summed E-state index contributed by atoms with van der Waals surface area (Å²) in [6.07, 6.45) is 3.32. The van der Waals surface area contributed by atoms with Gasteiger partial charge in [-0.2, -0.15) is 20.1 Å². The molecule has 0 atom stereocenters. The molecule has 100 valence electrons. The van der Waals surface area contributed by atoms with E-state index in [9.17, 15) is 0 Å². The van der Waals surface area contributed by atoms with E-state index >= 15 is 0 Å². The van der Waals surface area contributed by atoms with Gasteiger partial charge in [-0.05, 0) is 18.2 Å². The molecule has 2 N–H and O–H groups in total. The molecule has 2 heterocycles. The Bertz CT molecular complexity index is 757. The van der Waals surface area contributed by atoms with Crippen LogP contribution in [0.2, 0.25) is 10.0 Å². The quantitative estimate of drug-likeness (QED) is 0.787.